The minimum Gasteiger partial charge on any atom is -0.507 e. The number of rotatable bonds is 6. The number of allylic oxidation sites excluding steroid dienone is 2. The molecule has 8 heteroatoms. The second-order valence-corrected chi connectivity index (χ2v) is 5.11. The third-order valence-electron chi connectivity index (χ3n) is 3.80. The molecule has 1 amide bonds. The lowest BCUT2D eigenvalue weighted by Gasteiger charge is -2.35. The monoisotopic (exact) mass is 308 g/mol. The highest BCUT2D eigenvalue weighted by Gasteiger charge is 2.38. The fourth-order valence-corrected chi connectivity index (χ4v) is 2.65. The van der Waals surface area contributed by atoms with Crippen LogP contribution in [-0.4, -0.2) is 46.1 Å². The molecule has 0 aromatic carbocycles. The number of nitrogens with zero attached hydrogens (tertiary/aromatic N) is 2. The molecule has 22 heavy (non-hydrogen) atoms. The van der Waals surface area contributed by atoms with Gasteiger partial charge in [-0.3, -0.25) is 20.0 Å². The molecular formula is C14H20N4O4. The average molecular weight is 308 g/mol. The van der Waals surface area contributed by atoms with Gasteiger partial charge in [0, 0.05) is 17.7 Å². The van der Waals surface area contributed by atoms with Crippen LogP contribution in [0.15, 0.2) is 28.1 Å². The van der Waals surface area contributed by atoms with Crippen molar-refractivity contribution in [1.29, 1.82) is 0 Å². The van der Waals surface area contributed by atoms with Crippen LogP contribution in [0.5, 0.6) is 0 Å². The van der Waals surface area contributed by atoms with Gasteiger partial charge >= 0.3 is 5.97 Å². The maximum absolute atomic E-state index is 12.1. The lowest BCUT2D eigenvalue weighted by atomic mass is 9.94. The van der Waals surface area contributed by atoms with Gasteiger partial charge in [0.25, 0.3) is 5.91 Å². The molecule has 2 rings (SSSR count). The Labute approximate surface area is 128 Å². The highest BCUT2D eigenvalue weighted by molar-refractivity contribution is 5.97. The van der Waals surface area contributed by atoms with Gasteiger partial charge in [0.05, 0.1) is 0 Å². The summed E-state index contributed by atoms with van der Waals surface area (Å²) in [5.41, 5.74) is 3.86. The van der Waals surface area contributed by atoms with E-state index in [9.17, 15) is 14.7 Å². The first-order valence-corrected chi connectivity index (χ1v) is 7.21. The number of aliphatic hydroxyl groups excluding tert-OH is 1. The van der Waals surface area contributed by atoms with E-state index >= 15 is 0 Å². The van der Waals surface area contributed by atoms with Crippen LogP contribution in [0.25, 0.3) is 0 Å². The van der Waals surface area contributed by atoms with E-state index in [2.05, 4.69) is 29.6 Å². The van der Waals surface area contributed by atoms with E-state index in [1.165, 1.54) is 6.34 Å². The Balaban J connectivity index is 2.32. The molecular weight excluding hydrogens is 288 g/mol. The van der Waals surface area contributed by atoms with E-state index in [4.69, 9.17) is 5.11 Å². The Morgan fingerprint density at radius 1 is 1.45 bits per heavy atom. The first-order chi connectivity index (χ1) is 10.5. The van der Waals surface area contributed by atoms with Crippen molar-refractivity contribution in [3.05, 3.63) is 23.1 Å². The Bertz CT molecular complexity index is 563. The van der Waals surface area contributed by atoms with Gasteiger partial charge in [-0.25, -0.2) is 4.99 Å². The summed E-state index contributed by atoms with van der Waals surface area (Å²) in [4.78, 5) is 26.8. The molecule has 0 aromatic heterocycles. The fourth-order valence-electron chi connectivity index (χ4n) is 2.65. The number of amides is 1. The van der Waals surface area contributed by atoms with Crippen molar-refractivity contribution in [2.45, 2.75) is 32.9 Å². The first kappa shape index (κ1) is 15.9. The lowest BCUT2D eigenvalue weighted by Crippen LogP contribution is -2.47. The van der Waals surface area contributed by atoms with E-state index in [0.717, 1.165) is 18.5 Å². The molecule has 8 nitrogen and oxygen atoms in total. The summed E-state index contributed by atoms with van der Waals surface area (Å²) in [7, 11) is 0. The van der Waals surface area contributed by atoms with Crippen LogP contribution in [0.1, 0.15) is 26.7 Å². The van der Waals surface area contributed by atoms with Crippen LogP contribution < -0.4 is 10.7 Å². The number of hydrazine groups is 1. The maximum Gasteiger partial charge on any atom is 0.322 e. The number of fused-ring (bicyclic) bond motifs is 1. The molecule has 0 radical (unpaired) electrons. The van der Waals surface area contributed by atoms with Crippen molar-refractivity contribution in [2.75, 3.05) is 6.54 Å². The normalized spacial score (nSPS) is 19.9. The molecule has 0 bridgehead atoms. The summed E-state index contributed by atoms with van der Waals surface area (Å²) in [5.74, 6) is -1.74. The summed E-state index contributed by atoms with van der Waals surface area (Å²) in [5, 5.41) is 22.8. The van der Waals surface area contributed by atoms with Crippen molar-refractivity contribution < 1.29 is 19.8 Å². The summed E-state index contributed by atoms with van der Waals surface area (Å²) in [6.07, 6.45) is 4.10. The van der Waals surface area contributed by atoms with Crippen LogP contribution in [0.2, 0.25) is 0 Å². The summed E-state index contributed by atoms with van der Waals surface area (Å²) in [6, 6.07) is 0. The van der Waals surface area contributed by atoms with Crippen molar-refractivity contribution in [1.82, 2.24) is 15.8 Å². The average Bonchev–Trinajstić information content (AvgIpc) is 2.95. The minimum atomic E-state index is -1.15. The Hall–Kier alpha value is -2.51. The van der Waals surface area contributed by atoms with Crippen LogP contribution in [0.4, 0.5) is 0 Å². The zero-order valence-electron chi connectivity index (χ0n) is 12.5. The second-order valence-electron chi connectivity index (χ2n) is 5.11. The lowest BCUT2D eigenvalue weighted by molar-refractivity contribution is -0.137. The number of aliphatic carboxylic acids is 1. The molecule has 1 atom stereocenters. The number of hydrogen-bond acceptors (Lipinski definition) is 6. The summed E-state index contributed by atoms with van der Waals surface area (Å²) >= 11 is 0. The Morgan fingerprint density at radius 3 is 2.73 bits per heavy atom. The van der Waals surface area contributed by atoms with E-state index in [1.54, 1.807) is 11.1 Å². The number of carboxylic acids is 1. The van der Waals surface area contributed by atoms with Gasteiger partial charge in [-0.15, -0.1) is 0 Å². The number of hydrogen-bond donors (Lipinski definition) is 4. The molecule has 0 aromatic rings. The van der Waals surface area contributed by atoms with Crippen molar-refractivity contribution in [2.24, 2.45) is 10.9 Å². The summed E-state index contributed by atoms with van der Waals surface area (Å²) < 4.78 is 0. The predicted octanol–water partition coefficient (Wildman–Crippen LogP) is 0.508. The van der Waals surface area contributed by atoms with Gasteiger partial charge in [-0.1, -0.05) is 13.8 Å². The van der Waals surface area contributed by atoms with E-state index in [1.807, 2.05) is 0 Å². The minimum absolute atomic E-state index is 0.0391. The molecule has 0 saturated heterocycles. The van der Waals surface area contributed by atoms with E-state index < -0.39 is 24.6 Å². The molecule has 0 spiro atoms. The molecule has 0 fully saturated rings. The molecule has 120 valence electrons. The predicted molar refractivity (Wildman–Crippen MR) is 79.7 cm³/mol. The third kappa shape index (κ3) is 2.90. The van der Waals surface area contributed by atoms with Gasteiger partial charge in [0.15, 0.2) is 6.17 Å². The molecule has 2 aliphatic heterocycles. The Kier molecular flexibility index (Phi) is 4.69. The van der Waals surface area contributed by atoms with Gasteiger partial charge in [0.2, 0.25) is 0 Å². The van der Waals surface area contributed by atoms with Gasteiger partial charge < -0.3 is 15.5 Å². The zero-order chi connectivity index (χ0) is 16.3. The molecule has 0 aliphatic carbocycles. The Morgan fingerprint density at radius 2 is 2.14 bits per heavy atom. The molecule has 2 heterocycles. The number of aliphatic imine (C=N–C) groups is 1. The quantitative estimate of drug-likeness (QED) is 0.568. The molecule has 2 aliphatic rings. The van der Waals surface area contributed by atoms with Crippen molar-refractivity contribution >= 4 is 18.2 Å². The van der Waals surface area contributed by atoms with Crippen molar-refractivity contribution in [3.8, 4) is 0 Å². The maximum atomic E-state index is 12.1. The largest absolute Gasteiger partial charge is 0.507 e. The first-order valence-electron chi connectivity index (χ1n) is 7.21. The van der Waals surface area contributed by atoms with Gasteiger partial charge in [0.1, 0.15) is 24.2 Å². The van der Waals surface area contributed by atoms with Gasteiger partial charge in [-0.05, 0) is 12.8 Å². The second kappa shape index (κ2) is 6.50. The molecule has 0 saturated carbocycles. The topological polar surface area (TPSA) is 114 Å². The third-order valence-corrected chi connectivity index (χ3v) is 3.80. The standard InChI is InChI=1S/C14H20N4O4/c1-3-8(4-2)9-5-10(19)12(13-16-7-17-18(9)13)14(22)15-6-11(20)21/h5,7-8,13,19H,3-4,6H2,1-2H3,(H,15,22)(H,16,17)(H,20,21). The zero-order valence-corrected chi connectivity index (χ0v) is 12.5. The number of carbonyl (C=O) groups is 2. The van der Waals surface area contributed by atoms with Crippen molar-refractivity contribution in [3.63, 3.8) is 0 Å². The molecule has 1 unspecified atom stereocenters. The van der Waals surface area contributed by atoms with E-state index in [0.29, 0.717) is 0 Å². The fraction of sp³-hybridized carbons (Fsp3) is 0.500. The number of carbonyl (C=O) groups excluding carboxylic acids is 1. The van der Waals surface area contributed by atoms with E-state index in [-0.39, 0.29) is 17.3 Å². The summed E-state index contributed by atoms with van der Waals surface area (Å²) in [6.45, 7) is 3.59. The van der Waals surface area contributed by atoms with Crippen LogP contribution in [0.3, 0.4) is 0 Å². The van der Waals surface area contributed by atoms with Crippen LogP contribution >= 0.6 is 0 Å². The molecule has 4 N–H and O–H groups in total. The number of nitrogens with one attached hydrogen (secondary N) is 2. The highest BCUT2D eigenvalue weighted by Crippen LogP contribution is 2.33. The number of aliphatic hydroxyl groups is 1. The van der Waals surface area contributed by atoms with Crippen LogP contribution in [-0.2, 0) is 9.59 Å². The highest BCUT2D eigenvalue weighted by atomic mass is 16.4. The SMILES string of the molecule is CCC(CC)C1=CC(O)=C(C(=O)NCC(=O)O)C2N=CNN12. The van der Waals surface area contributed by atoms with Gasteiger partial charge in [-0.2, -0.15) is 0 Å². The smallest absolute Gasteiger partial charge is 0.322 e. The van der Waals surface area contributed by atoms with Crippen LogP contribution in [0, 0.1) is 5.92 Å². The number of carboxylic acid groups (broad SMARTS) is 1.